The fourth-order valence-corrected chi connectivity index (χ4v) is 1.80. The lowest BCUT2D eigenvalue weighted by atomic mass is 10.1. The van der Waals surface area contributed by atoms with E-state index in [-0.39, 0.29) is 5.69 Å². The summed E-state index contributed by atoms with van der Waals surface area (Å²) >= 11 is 0. The van der Waals surface area contributed by atoms with Gasteiger partial charge < -0.3 is 15.5 Å². The first-order valence-corrected chi connectivity index (χ1v) is 6.08. The van der Waals surface area contributed by atoms with Crippen LogP contribution in [0.25, 0.3) is 10.9 Å². The van der Waals surface area contributed by atoms with Crippen LogP contribution in [0.1, 0.15) is 16.9 Å². The number of amides is 1. The standard InChI is InChI=1S/C14H12N2O5/c17-12(18)7-11(14(20)21)16-13(19)10-6-5-8-3-1-2-4-9(8)15-10/h1-6,11H,7H2,(H,16,19)(H,17,18)(H,20,21)/t11-/m0/s1. The van der Waals surface area contributed by atoms with Crippen LogP contribution < -0.4 is 5.32 Å². The number of hydrogen-bond acceptors (Lipinski definition) is 4. The first-order chi connectivity index (χ1) is 9.97. The van der Waals surface area contributed by atoms with Gasteiger partial charge in [0.15, 0.2) is 0 Å². The Hall–Kier alpha value is -2.96. The summed E-state index contributed by atoms with van der Waals surface area (Å²) in [5.41, 5.74) is 0.626. The van der Waals surface area contributed by atoms with Gasteiger partial charge in [0.1, 0.15) is 11.7 Å². The van der Waals surface area contributed by atoms with E-state index in [1.54, 1.807) is 18.2 Å². The van der Waals surface area contributed by atoms with Crippen LogP contribution in [0.2, 0.25) is 0 Å². The second kappa shape index (κ2) is 6.00. The van der Waals surface area contributed by atoms with Crippen LogP contribution in [0.5, 0.6) is 0 Å². The molecule has 1 aromatic heterocycles. The van der Waals surface area contributed by atoms with Gasteiger partial charge in [-0.25, -0.2) is 9.78 Å². The van der Waals surface area contributed by atoms with Crippen molar-refractivity contribution < 1.29 is 24.6 Å². The first-order valence-electron chi connectivity index (χ1n) is 6.08. The topological polar surface area (TPSA) is 117 Å². The summed E-state index contributed by atoms with van der Waals surface area (Å²) in [6.45, 7) is 0. The number of aromatic nitrogens is 1. The quantitative estimate of drug-likeness (QED) is 0.752. The third-order valence-corrected chi connectivity index (χ3v) is 2.81. The van der Waals surface area contributed by atoms with Gasteiger partial charge in [0.25, 0.3) is 5.91 Å². The fourth-order valence-electron chi connectivity index (χ4n) is 1.80. The SMILES string of the molecule is O=C(O)C[C@H](NC(=O)c1ccc2ccccc2n1)C(=O)O. The number of hydrogen-bond donors (Lipinski definition) is 3. The highest BCUT2D eigenvalue weighted by atomic mass is 16.4. The van der Waals surface area contributed by atoms with E-state index in [0.717, 1.165) is 5.39 Å². The molecule has 7 heteroatoms. The molecule has 108 valence electrons. The van der Waals surface area contributed by atoms with Crippen molar-refractivity contribution in [2.24, 2.45) is 0 Å². The smallest absolute Gasteiger partial charge is 0.326 e. The normalized spacial score (nSPS) is 11.8. The Morgan fingerprint density at radius 3 is 2.48 bits per heavy atom. The van der Waals surface area contributed by atoms with Crippen LogP contribution in [0.15, 0.2) is 36.4 Å². The van der Waals surface area contributed by atoms with Crippen molar-refractivity contribution in [3.8, 4) is 0 Å². The summed E-state index contributed by atoms with van der Waals surface area (Å²) in [7, 11) is 0. The molecule has 0 radical (unpaired) electrons. The zero-order valence-corrected chi connectivity index (χ0v) is 10.8. The zero-order valence-electron chi connectivity index (χ0n) is 10.8. The molecule has 0 unspecified atom stereocenters. The predicted molar refractivity (Wildman–Crippen MR) is 72.9 cm³/mol. The van der Waals surface area contributed by atoms with Gasteiger partial charge in [-0.1, -0.05) is 24.3 Å². The molecule has 3 N–H and O–H groups in total. The first kappa shape index (κ1) is 14.4. The number of carbonyl (C=O) groups is 3. The molecule has 0 saturated heterocycles. The maximum atomic E-state index is 12.0. The Morgan fingerprint density at radius 2 is 1.81 bits per heavy atom. The monoisotopic (exact) mass is 288 g/mol. The number of nitrogens with one attached hydrogen (secondary N) is 1. The van der Waals surface area contributed by atoms with Crippen LogP contribution in [0.4, 0.5) is 0 Å². The van der Waals surface area contributed by atoms with Gasteiger partial charge in [0.05, 0.1) is 11.9 Å². The fraction of sp³-hybridized carbons (Fsp3) is 0.143. The Kier molecular flexibility index (Phi) is 4.13. The van der Waals surface area contributed by atoms with E-state index in [1.165, 1.54) is 6.07 Å². The Bertz CT molecular complexity index is 713. The van der Waals surface area contributed by atoms with Crippen molar-refractivity contribution >= 4 is 28.7 Å². The lowest BCUT2D eigenvalue weighted by Crippen LogP contribution is -2.42. The van der Waals surface area contributed by atoms with Crippen LogP contribution in [0.3, 0.4) is 0 Å². The number of rotatable bonds is 5. The molecule has 1 amide bonds. The molecule has 0 aliphatic heterocycles. The van der Waals surface area contributed by atoms with E-state index >= 15 is 0 Å². The summed E-state index contributed by atoms with van der Waals surface area (Å²) in [6.07, 6.45) is -0.700. The van der Waals surface area contributed by atoms with E-state index in [4.69, 9.17) is 10.2 Å². The van der Waals surface area contributed by atoms with Gasteiger partial charge in [-0.2, -0.15) is 0 Å². The van der Waals surface area contributed by atoms with Crippen molar-refractivity contribution in [1.29, 1.82) is 0 Å². The summed E-state index contributed by atoms with van der Waals surface area (Å²) in [5, 5.41) is 20.5. The second-order valence-corrected chi connectivity index (χ2v) is 4.35. The third kappa shape index (κ3) is 3.53. The molecule has 1 atom stereocenters. The van der Waals surface area contributed by atoms with E-state index in [1.807, 2.05) is 12.1 Å². The molecule has 1 heterocycles. The molecule has 0 aliphatic carbocycles. The Morgan fingerprint density at radius 1 is 1.10 bits per heavy atom. The lowest BCUT2D eigenvalue weighted by Gasteiger charge is -2.12. The molecule has 21 heavy (non-hydrogen) atoms. The van der Waals surface area contributed by atoms with Crippen LogP contribution >= 0.6 is 0 Å². The molecule has 0 bridgehead atoms. The van der Waals surface area contributed by atoms with E-state index < -0.39 is 30.3 Å². The highest BCUT2D eigenvalue weighted by molar-refractivity contribution is 5.97. The van der Waals surface area contributed by atoms with E-state index in [9.17, 15) is 14.4 Å². The Balaban J connectivity index is 2.20. The van der Waals surface area contributed by atoms with Crippen LogP contribution in [-0.2, 0) is 9.59 Å². The molecule has 7 nitrogen and oxygen atoms in total. The minimum atomic E-state index is -1.50. The van der Waals surface area contributed by atoms with Gasteiger partial charge in [0.2, 0.25) is 0 Å². The number of aliphatic carboxylic acids is 2. The highest BCUT2D eigenvalue weighted by Crippen LogP contribution is 2.11. The number of para-hydroxylation sites is 1. The highest BCUT2D eigenvalue weighted by Gasteiger charge is 2.24. The number of carbonyl (C=O) groups excluding carboxylic acids is 1. The molecule has 0 aliphatic rings. The predicted octanol–water partition coefficient (Wildman–Crippen LogP) is 0.892. The van der Waals surface area contributed by atoms with Gasteiger partial charge in [-0.05, 0) is 12.1 Å². The van der Waals surface area contributed by atoms with Crippen molar-refractivity contribution in [2.75, 3.05) is 0 Å². The minimum absolute atomic E-state index is 0.0327. The van der Waals surface area contributed by atoms with Gasteiger partial charge in [-0.15, -0.1) is 0 Å². The van der Waals surface area contributed by atoms with Crippen molar-refractivity contribution in [3.05, 3.63) is 42.1 Å². The summed E-state index contributed by atoms with van der Waals surface area (Å²) in [4.78, 5) is 37.6. The summed E-state index contributed by atoms with van der Waals surface area (Å²) < 4.78 is 0. The molecular formula is C14H12N2O5. The largest absolute Gasteiger partial charge is 0.481 e. The maximum absolute atomic E-state index is 12.0. The number of benzene rings is 1. The van der Waals surface area contributed by atoms with Crippen LogP contribution in [-0.4, -0.2) is 39.1 Å². The number of carboxylic acid groups (broad SMARTS) is 2. The molecule has 0 fully saturated rings. The Labute approximate surface area is 119 Å². The van der Waals surface area contributed by atoms with Gasteiger partial charge in [-0.3, -0.25) is 9.59 Å². The van der Waals surface area contributed by atoms with Gasteiger partial charge in [0, 0.05) is 5.39 Å². The third-order valence-electron chi connectivity index (χ3n) is 2.81. The average molecular weight is 288 g/mol. The number of fused-ring (bicyclic) bond motifs is 1. The second-order valence-electron chi connectivity index (χ2n) is 4.35. The van der Waals surface area contributed by atoms with Crippen molar-refractivity contribution in [1.82, 2.24) is 10.3 Å². The maximum Gasteiger partial charge on any atom is 0.326 e. The minimum Gasteiger partial charge on any atom is -0.481 e. The van der Waals surface area contributed by atoms with Crippen molar-refractivity contribution in [3.63, 3.8) is 0 Å². The average Bonchev–Trinajstić information content (AvgIpc) is 2.45. The lowest BCUT2D eigenvalue weighted by molar-refractivity contribution is -0.145. The molecular weight excluding hydrogens is 276 g/mol. The molecule has 0 saturated carbocycles. The van der Waals surface area contributed by atoms with Crippen molar-refractivity contribution in [2.45, 2.75) is 12.5 Å². The summed E-state index contributed by atoms with van der Waals surface area (Å²) in [6, 6.07) is 8.79. The molecule has 2 rings (SSSR count). The van der Waals surface area contributed by atoms with E-state index in [0.29, 0.717) is 5.52 Å². The number of nitrogens with zero attached hydrogens (tertiary/aromatic N) is 1. The summed E-state index contributed by atoms with van der Waals surface area (Å²) in [5.74, 6) is -3.45. The number of carboxylic acids is 2. The zero-order chi connectivity index (χ0) is 15.4. The molecule has 0 spiro atoms. The molecule has 1 aromatic carbocycles. The number of pyridine rings is 1. The van der Waals surface area contributed by atoms with Crippen LogP contribution in [0, 0.1) is 0 Å². The van der Waals surface area contributed by atoms with Gasteiger partial charge >= 0.3 is 11.9 Å². The van der Waals surface area contributed by atoms with E-state index in [2.05, 4.69) is 10.3 Å². The molecule has 2 aromatic rings.